The summed E-state index contributed by atoms with van der Waals surface area (Å²) in [7, 11) is 1.56. The van der Waals surface area contributed by atoms with Gasteiger partial charge in [-0.2, -0.15) is 5.26 Å². The number of thiophene rings is 1. The lowest BCUT2D eigenvalue weighted by Crippen LogP contribution is -2.16. The number of rotatable bonds is 8. The molecule has 0 spiro atoms. The van der Waals surface area contributed by atoms with E-state index in [1.165, 1.54) is 6.08 Å². The van der Waals surface area contributed by atoms with Crippen molar-refractivity contribution in [2.45, 2.75) is 6.92 Å². The number of benzene rings is 2. The molecule has 1 N–H and O–H groups in total. The Morgan fingerprint density at radius 2 is 1.87 bits per heavy atom. The Bertz CT molecular complexity index is 1560. The first-order valence-electron chi connectivity index (χ1n) is 11.3. The standard InChI is InChI=1S/C28H20Cl2N2O5S/c1-3-36-28(34)25-22(16-4-7-19(35-2)8-5-16)15-38-27(25)32-26(33)17(14-31)12-20-9-11-24(37-20)21-10-6-18(29)13-23(21)30/h4-13,15H,3H2,1-2H3,(H,32,33). The van der Waals surface area contributed by atoms with Gasteiger partial charge < -0.3 is 19.2 Å². The Hall–Kier alpha value is -4.03. The number of methoxy groups -OCH3 is 1. The zero-order chi connectivity index (χ0) is 27.2. The second-order valence-electron chi connectivity index (χ2n) is 7.75. The summed E-state index contributed by atoms with van der Waals surface area (Å²) in [6, 6.07) is 17.3. The highest BCUT2D eigenvalue weighted by Gasteiger charge is 2.24. The number of carbonyl (C=O) groups excluding carboxylic acids is 2. The fourth-order valence-electron chi connectivity index (χ4n) is 3.56. The largest absolute Gasteiger partial charge is 0.497 e. The number of nitrogens with zero attached hydrogens (tertiary/aromatic N) is 1. The zero-order valence-corrected chi connectivity index (χ0v) is 22.5. The third-order valence-corrected chi connectivity index (χ3v) is 6.82. The molecule has 2 aromatic heterocycles. The van der Waals surface area contributed by atoms with E-state index in [1.807, 2.05) is 6.07 Å². The summed E-state index contributed by atoms with van der Waals surface area (Å²) in [5.74, 6) is 0.0889. The lowest BCUT2D eigenvalue weighted by atomic mass is 10.0. The van der Waals surface area contributed by atoms with Gasteiger partial charge in [0.2, 0.25) is 0 Å². The molecule has 2 heterocycles. The van der Waals surface area contributed by atoms with Crippen LogP contribution >= 0.6 is 34.5 Å². The molecular formula is C28H20Cl2N2O5S. The van der Waals surface area contributed by atoms with E-state index in [0.717, 1.165) is 16.9 Å². The molecule has 4 rings (SSSR count). The van der Waals surface area contributed by atoms with Crippen LogP contribution in [0.5, 0.6) is 5.75 Å². The third kappa shape index (κ3) is 5.92. The molecule has 4 aromatic rings. The number of furan rings is 1. The van der Waals surface area contributed by atoms with Crippen LogP contribution in [0.2, 0.25) is 10.0 Å². The highest BCUT2D eigenvalue weighted by molar-refractivity contribution is 7.15. The molecule has 0 aliphatic carbocycles. The van der Waals surface area contributed by atoms with Crippen LogP contribution < -0.4 is 10.1 Å². The number of ether oxygens (including phenoxy) is 2. The molecule has 2 aromatic carbocycles. The maximum absolute atomic E-state index is 13.0. The SMILES string of the molecule is CCOC(=O)c1c(-c2ccc(OC)cc2)csc1NC(=O)C(C#N)=Cc1ccc(-c2ccc(Cl)cc2Cl)o1. The molecule has 0 saturated carbocycles. The summed E-state index contributed by atoms with van der Waals surface area (Å²) < 4.78 is 16.2. The number of halogens is 2. The van der Waals surface area contributed by atoms with Gasteiger partial charge in [0, 0.05) is 27.6 Å². The van der Waals surface area contributed by atoms with Gasteiger partial charge in [0.1, 0.15) is 39.5 Å². The summed E-state index contributed by atoms with van der Waals surface area (Å²) in [5.41, 5.74) is 1.92. The van der Waals surface area contributed by atoms with Gasteiger partial charge in [0.15, 0.2) is 0 Å². The minimum absolute atomic E-state index is 0.159. The van der Waals surface area contributed by atoms with E-state index < -0.39 is 11.9 Å². The predicted molar refractivity (Wildman–Crippen MR) is 149 cm³/mol. The highest BCUT2D eigenvalue weighted by Crippen LogP contribution is 2.37. The van der Waals surface area contributed by atoms with E-state index in [-0.39, 0.29) is 28.5 Å². The zero-order valence-electron chi connectivity index (χ0n) is 20.2. The fraction of sp³-hybridized carbons (Fsp3) is 0.107. The van der Waals surface area contributed by atoms with Gasteiger partial charge in [-0.1, -0.05) is 35.3 Å². The van der Waals surface area contributed by atoms with Crippen LogP contribution in [0.1, 0.15) is 23.0 Å². The van der Waals surface area contributed by atoms with Crippen molar-refractivity contribution in [2.75, 3.05) is 19.0 Å². The van der Waals surface area contributed by atoms with Gasteiger partial charge in [-0.05, 0) is 55.0 Å². The van der Waals surface area contributed by atoms with Crippen molar-refractivity contribution in [3.63, 3.8) is 0 Å². The number of anilines is 1. The molecule has 7 nitrogen and oxygen atoms in total. The van der Waals surface area contributed by atoms with Crippen molar-refractivity contribution in [1.82, 2.24) is 0 Å². The average molecular weight is 567 g/mol. The Balaban J connectivity index is 1.62. The van der Waals surface area contributed by atoms with Crippen LogP contribution in [0.4, 0.5) is 5.00 Å². The quantitative estimate of drug-likeness (QED) is 0.133. The lowest BCUT2D eigenvalue weighted by Gasteiger charge is -2.09. The first-order valence-corrected chi connectivity index (χ1v) is 12.9. The molecule has 0 fully saturated rings. The van der Waals surface area contributed by atoms with Gasteiger partial charge in [-0.25, -0.2) is 4.79 Å². The van der Waals surface area contributed by atoms with Crippen LogP contribution in [0.25, 0.3) is 28.5 Å². The molecule has 1 amide bonds. The maximum Gasteiger partial charge on any atom is 0.341 e. The van der Waals surface area contributed by atoms with Gasteiger partial charge in [0.25, 0.3) is 5.91 Å². The Morgan fingerprint density at radius 3 is 2.53 bits per heavy atom. The van der Waals surface area contributed by atoms with E-state index >= 15 is 0 Å². The fourth-order valence-corrected chi connectivity index (χ4v) is 5.02. The van der Waals surface area contributed by atoms with E-state index in [1.54, 1.807) is 74.0 Å². The molecule has 0 atom stereocenters. The molecule has 0 aliphatic heterocycles. The molecule has 0 unspecified atom stereocenters. The first-order chi connectivity index (χ1) is 18.3. The summed E-state index contributed by atoms with van der Waals surface area (Å²) in [6.07, 6.45) is 1.31. The number of carbonyl (C=O) groups is 2. The second kappa shape index (κ2) is 12.0. The van der Waals surface area contributed by atoms with Crippen LogP contribution in [0.15, 0.2) is 70.0 Å². The van der Waals surface area contributed by atoms with E-state index in [0.29, 0.717) is 32.7 Å². The Kier molecular flexibility index (Phi) is 8.54. The number of hydrogen-bond donors (Lipinski definition) is 1. The van der Waals surface area contributed by atoms with E-state index in [4.69, 9.17) is 37.1 Å². The number of esters is 1. The number of amides is 1. The van der Waals surface area contributed by atoms with Crippen LogP contribution in [-0.4, -0.2) is 25.6 Å². The third-order valence-electron chi connectivity index (χ3n) is 5.37. The highest BCUT2D eigenvalue weighted by atomic mass is 35.5. The lowest BCUT2D eigenvalue weighted by molar-refractivity contribution is -0.112. The van der Waals surface area contributed by atoms with Crippen molar-refractivity contribution in [3.05, 3.63) is 86.9 Å². The predicted octanol–water partition coefficient (Wildman–Crippen LogP) is 7.71. The maximum atomic E-state index is 13.0. The van der Waals surface area contributed by atoms with Crippen LogP contribution in [-0.2, 0) is 9.53 Å². The van der Waals surface area contributed by atoms with Gasteiger partial charge in [0.05, 0.1) is 18.7 Å². The number of nitriles is 1. The molecule has 10 heteroatoms. The van der Waals surface area contributed by atoms with Crippen LogP contribution in [0, 0.1) is 11.3 Å². The van der Waals surface area contributed by atoms with Gasteiger partial charge in [-0.15, -0.1) is 11.3 Å². The summed E-state index contributed by atoms with van der Waals surface area (Å²) >= 11 is 13.4. The minimum atomic E-state index is -0.705. The molecular weight excluding hydrogens is 547 g/mol. The molecule has 0 radical (unpaired) electrons. The number of hydrogen-bond acceptors (Lipinski definition) is 7. The number of nitrogens with one attached hydrogen (secondary N) is 1. The molecule has 0 aliphatic rings. The monoisotopic (exact) mass is 566 g/mol. The molecule has 38 heavy (non-hydrogen) atoms. The van der Waals surface area contributed by atoms with Crippen molar-refractivity contribution in [1.29, 1.82) is 5.26 Å². The van der Waals surface area contributed by atoms with Crippen molar-refractivity contribution in [2.24, 2.45) is 0 Å². The Morgan fingerprint density at radius 1 is 1.11 bits per heavy atom. The summed E-state index contributed by atoms with van der Waals surface area (Å²) in [4.78, 5) is 25.9. The smallest absolute Gasteiger partial charge is 0.341 e. The minimum Gasteiger partial charge on any atom is -0.497 e. The molecule has 192 valence electrons. The second-order valence-corrected chi connectivity index (χ2v) is 9.48. The van der Waals surface area contributed by atoms with Crippen LogP contribution in [0.3, 0.4) is 0 Å². The normalized spacial score (nSPS) is 11.1. The van der Waals surface area contributed by atoms with Crippen molar-refractivity contribution < 1.29 is 23.5 Å². The Labute approximate surface area is 232 Å². The molecule has 0 bridgehead atoms. The summed E-state index contributed by atoms with van der Waals surface area (Å²) in [6.45, 7) is 1.85. The van der Waals surface area contributed by atoms with Gasteiger partial charge >= 0.3 is 5.97 Å². The van der Waals surface area contributed by atoms with Crippen molar-refractivity contribution in [3.8, 4) is 34.3 Å². The average Bonchev–Trinajstić information content (AvgIpc) is 3.54. The topological polar surface area (TPSA) is 102 Å². The van der Waals surface area contributed by atoms with Crippen molar-refractivity contribution >= 4 is 57.5 Å². The van der Waals surface area contributed by atoms with E-state index in [9.17, 15) is 14.9 Å². The van der Waals surface area contributed by atoms with E-state index in [2.05, 4.69) is 5.32 Å². The first kappa shape index (κ1) is 27.0. The molecule has 0 saturated heterocycles. The summed E-state index contributed by atoms with van der Waals surface area (Å²) in [5, 5.41) is 15.2. The van der Waals surface area contributed by atoms with Gasteiger partial charge in [-0.3, -0.25) is 4.79 Å².